The predicted octanol–water partition coefficient (Wildman–Crippen LogP) is 4.97. The lowest BCUT2D eigenvalue weighted by atomic mass is 10.0. The zero-order valence-electron chi connectivity index (χ0n) is 17.3. The number of hydrogen-bond donors (Lipinski definition) is 2. The van der Waals surface area contributed by atoms with Gasteiger partial charge in [-0.25, -0.2) is 4.98 Å². The number of nitrogens with two attached hydrogens (primary N) is 1. The van der Waals surface area contributed by atoms with Crippen LogP contribution in [0.5, 0.6) is 0 Å². The molecule has 0 spiro atoms. The summed E-state index contributed by atoms with van der Waals surface area (Å²) in [6.07, 6.45) is 1.85. The summed E-state index contributed by atoms with van der Waals surface area (Å²) >= 11 is 14.8. The molecule has 10 heteroatoms. The molecule has 1 aromatic heterocycles. The number of piperidine rings is 1. The van der Waals surface area contributed by atoms with Crippen LogP contribution < -0.4 is 11.1 Å². The zero-order chi connectivity index (χ0) is 22.5. The first-order valence-electron chi connectivity index (χ1n) is 10.2. The minimum Gasteiger partial charge on any atom is -0.399 e. The maximum absolute atomic E-state index is 12.4. The number of likely N-dealkylation sites (tertiary alicyclic amines) is 1. The number of nitrogens with zero attached hydrogens (tertiary/aromatic N) is 3. The summed E-state index contributed by atoms with van der Waals surface area (Å²) in [5, 5.41) is 4.31. The summed E-state index contributed by atoms with van der Waals surface area (Å²) in [4.78, 5) is 19.3. The molecular weight excluding hydrogens is 485 g/mol. The van der Waals surface area contributed by atoms with Crippen molar-refractivity contribution in [1.82, 2.24) is 19.6 Å². The van der Waals surface area contributed by atoms with E-state index in [-0.39, 0.29) is 11.9 Å². The average Bonchev–Trinajstić information content (AvgIpc) is 3.26. The molecule has 3 aromatic rings. The van der Waals surface area contributed by atoms with E-state index in [0.717, 1.165) is 47.9 Å². The number of rotatable bonds is 7. The average molecular weight is 509 g/mol. The van der Waals surface area contributed by atoms with Crippen LogP contribution in [0.2, 0.25) is 10.0 Å². The number of amides is 1. The first kappa shape index (κ1) is 23.3. The van der Waals surface area contributed by atoms with E-state index in [1.54, 1.807) is 0 Å². The molecule has 1 fully saturated rings. The minimum atomic E-state index is 0.0265. The Morgan fingerprint density at radius 1 is 1.19 bits per heavy atom. The Morgan fingerprint density at radius 2 is 2.00 bits per heavy atom. The van der Waals surface area contributed by atoms with E-state index < -0.39 is 0 Å². The third kappa shape index (κ3) is 6.36. The lowest BCUT2D eigenvalue weighted by molar-refractivity contribution is -0.119. The third-order valence-electron chi connectivity index (χ3n) is 5.22. The number of carbonyl (C=O) groups is 1. The Labute approximate surface area is 205 Å². The monoisotopic (exact) mass is 507 g/mol. The second-order valence-electron chi connectivity index (χ2n) is 7.66. The largest absolute Gasteiger partial charge is 0.399 e. The molecule has 1 aliphatic rings. The number of nitrogens with one attached hydrogen (secondary N) is 1. The van der Waals surface area contributed by atoms with Gasteiger partial charge in [-0.05, 0) is 54.2 Å². The molecule has 2 aromatic carbocycles. The minimum absolute atomic E-state index is 0.0265. The van der Waals surface area contributed by atoms with Crippen LogP contribution in [-0.4, -0.2) is 45.0 Å². The second-order valence-corrected chi connectivity index (χ2v) is 10.5. The van der Waals surface area contributed by atoms with Crippen molar-refractivity contribution in [2.24, 2.45) is 0 Å². The molecule has 1 saturated heterocycles. The van der Waals surface area contributed by atoms with E-state index >= 15 is 0 Å². The number of thioether (sulfide) groups is 1. The molecule has 6 nitrogen and oxygen atoms in total. The van der Waals surface area contributed by atoms with Crippen molar-refractivity contribution in [3.05, 3.63) is 58.1 Å². The van der Waals surface area contributed by atoms with E-state index in [9.17, 15) is 4.79 Å². The highest BCUT2D eigenvalue weighted by molar-refractivity contribution is 8.01. The Kier molecular flexibility index (Phi) is 7.91. The summed E-state index contributed by atoms with van der Waals surface area (Å²) in [6.45, 7) is 2.69. The third-order valence-corrected chi connectivity index (χ3v) is 7.79. The van der Waals surface area contributed by atoms with Gasteiger partial charge in [-0.2, -0.15) is 4.37 Å². The first-order valence-corrected chi connectivity index (χ1v) is 12.8. The van der Waals surface area contributed by atoms with Crippen molar-refractivity contribution in [2.75, 3.05) is 24.6 Å². The fourth-order valence-electron chi connectivity index (χ4n) is 3.59. The standard InChI is InChI=1S/C22H23Cl2N5OS2/c23-18-5-4-14(10-19(18)24)12-29-8-6-17(7-9-29)26-20(30)13-31-22-27-21(28-32-22)15-2-1-3-16(25)11-15/h1-5,10-11,17H,6-9,12-13,25H2,(H,26,30). The molecule has 32 heavy (non-hydrogen) atoms. The van der Waals surface area contributed by atoms with Crippen LogP contribution in [-0.2, 0) is 11.3 Å². The van der Waals surface area contributed by atoms with Gasteiger partial charge in [0, 0.05) is 36.9 Å². The van der Waals surface area contributed by atoms with E-state index in [0.29, 0.717) is 27.3 Å². The maximum Gasteiger partial charge on any atom is 0.230 e. The van der Waals surface area contributed by atoms with E-state index in [1.807, 2.05) is 42.5 Å². The van der Waals surface area contributed by atoms with Crippen LogP contribution in [0.3, 0.4) is 0 Å². The van der Waals surface area contributed by atoms with Crippen LogP contribution in [0.1, 0.15) is 18.4 Å². The lowest BCUT2D eigenvalue weighted by Crippen LogP contribution is -2.44. The SMILES string of the molecule is Nc1cccc(-c2nsc(SCC(=O)NC3CCN(Cc4ccc(Cl)c(Cl)c4)CC3)n2)c1. The normalized spacial score (nSPS) is 15.1. The fraction of sp³-hybridized carbons (Fsp3) is 0.318. The summed E-state index contributed by atoms with van der Waals surface area (Å²) in [6, 6.07) is 13.4. The molecule has 0 saturated carbocycles. The number of carbonyl (C=O) groups excluding carboxylic acids is 1. The number of anilines is 1. The van der Waals surface area contributed by atoms with Crippen LogP contribution in [0.15, 0.2) is 46.8 Å². The topological polar surface area (TPSA) is 84.1 Å². The van der Waals surface area contributed by atoms with Gasteiger partial charge in [-0.15, -0.1) is 0 Å². The molecule has 4 rings (SSSR count). The molecule has 0 radical (unpaired) electrons. The van der Waals surface area contributed by atoms with E-state index in [1.165, 1.54) is 23.3 Å². The van der Waals surface area contributed by atoms with Crippen LogP contribution in [0, 0.1) is 0 Å². The van der Waals surface area contributed by atoms with Gasteiger partial charge < -0.3 is 11.1 Å². The Bertz CT molecular complexity index is 1090. The number of nitrogen functional groups attached to an aromatic ring is 1. The van der Waals surface area contributed by atoms with Gasteiger partial charge in [-0.3, -0.25) is 9.69 Å². The summed E-state index contributed by atoms with van der Waals surface area (Å²) in [5.74, 6) is 0.993. The fourth-order valence-corrected chi connectivity index (χ4v) is 5.34. The summed E-state index contributed by atoms with van der Waals surface area (Å²) in [5.41, 5.74) is 8.53. The highest BCUT2D eigenvalue weighted by Gasteiger charge is 2.21. The smallest absolute Gasteiger partial charge is 0.230 e. The number of halogens is 2. The molecule has 2 heterocycles. The van der Waals surface area contributed by atoms with Crippen molar-refractivity contribution in [2.45, 2.75) is 29.8 Å². The van der Waals surface area contributed by atoms with Gasteiger partial charge in [0.15, 0.2) is 10.2 Å². The van der Waals surface area contributed by atoms with Gasteiger partial charge in [0.2, 0.25) is 5.91 Å². The zero-order valence-corrected chi connectivity index (χ0v) is 20.4. The van der Waals surface area contributed by atoms with Crippen LogP contribution in [0.4, 0.5) is 5.69 Å². The predicted molar refractivity (Wildman–Crippen MR) is 133 cm³/mol. The molecule has 3 N–H and O–H groups in total. The molecule has 1 aliphatic heterocycles. The van der Waals surface area contributed by atoms with Gasteiger partial charge in [0.25, 0.3) is 0 Å². The number of hydrogen-bond acceptors (Lipinski definition) is 7. The molecule has 0 bridgehead atoms. The Morgan fingerprint density at radius 3 is 2.75 bits per heavy atom. The number of benzene rings is 2. The first-order chi connectivity index (χ1) is 15.5. The summed E-state index contributed by atoms with van der Waals surface area (Å²) < 4.78 is 5.15. The molecule has 168 valence electrons. The van der Waals surface area contributed by atoms with E-state index in [4.69, 9.17) is 28.9 Å². The van der Waals surface area contributed by atoms with E-state index in [2.05, 4.69) is 19.6 Å². The van der Waals surface area contributed by atoms with Crippen molar-refractivity contribution in [1.29, 1.82) is 0 Å². The van der Waals surface area contributed by atoms with Gasteiger partial charge >= 0.3 is 0 Å². The van der Waals surface area contributed by atoms with Crippen molar-refractivity contribution < 1.29 is 4.79 Å². The van der Waals surface area contributed by atoms with Crippen LogP contribution >= 0.6 is 46.5 Å². The highest BCUT2D eigenvalue weighted by Crippen LogP contribution is 2.26. The molecular formula is C22H23Cl2N5OS2. The van der Waals surface area contributed by atoms with Gasteiger partial charge in [0.1, 0.15) is 0 Å². The van der Waals surface area contributed by atoms with Gasteiger partial charge in [0.05, 0.1) is 15.8 Å². The molecule has 0 unspecified atom stereocenters. The Hall–Kier alpha value is -1.84. The summed E-state index contributed by atoms with van der Waals surface area (Å²) in [7, 11) is 0. The molecule has 0 aliphatic carbocycles. The second kappa shape index (κ2) is 10.9. The van der Waals surface area contributed by atoms with Crippen LogP contribution in [0.25, 0.3) is 11.4 Å². The molecule has 0 atom stereocenters. The Balaban J connectivity index is 1.20. The van der Waals surface area contributed by atoms with Crippen molar-refractivity contribution in [3.8, 4) is 11.4 Å². The quantitative estimate of drug-likeness (QED) is 0.347. The van der Waals surface area contributed by atoms with Crippen molar-refractivity contribution >= 4 is 58.1 Å². The lowest BCUT2D eigenvalue weighted by Gasteiger charge is -2.32. The highest BCUT2D eigenvalue weighted by atomic mass is 35.5. The maximum atomic E-state index is 12.4. The van der Waals surface area contributed by atoms with Crippen molar-refractivity contribution in [3.63, 3.8) is 0 Å². The van der Waals surface area contributed by atoms with Gasteiger partial charge in [-0.1, -0.05) is 53.2 Å². The molecule has 1 amide bonds. The number of aromatic nitrogens is 2.